The zero-order valence-electron chi connectivity index (χ0n) is 7.97. The summed E-state index contributed by atoms with van der Waals surface area (Å²) >= 11 is 0. The Kier molecular flexibility index (Phi) is 4.90. The van der Waals surface area contributed by atoms with Crippen LogP contribution in [0.2, 0.25) is 0 Å². The number of primary amides is 1. The maximum Gasteiger partial charge on any atom is 0.217 e. The molecule has 0 aromatic rings. The van der Waals surface area contributed by atoms with Crippen LogP contribution in [0.1, 0.15) is 46.0 Å². The first-order valence-corrected chi connectivity index (χ1v) is 4.54. The monoisotopic (exact) mass is 173 g/mol. The summed E-state index contributed by atoms with van der Waals surface area (Å²) in [5, 5.41) is 9.79. The molecule has 3 heteroatoms. The molecule has 0 spiro atoms. The summed E-state index contributed by atoms with van der Waals surface area (Å²) in [6.07, 6.45) is 3.21. The Morgan fingerprint density at radius 2 is 1.92 bits per heavy atom. The summed E-state index contributed by atoms with van der Waals surface area (Å²) in [4.78, 5) is 10.4. The molecule has 12 heavy (non-hydrogen) atoms. The van der Waals surface area contributed by atoms with Crippen molar-refractivity contribution in [3.63, 3.8) is 0 Å². The standard InChI is InChI=1S/C9H19NO2/c1-3-9(12,4-2)7-5-6-8(10)11/h12H,3-7H2,1-2H3,(H2,10,11). The minimum atomic E-state index is -0.588. The van der Waals surface area contributed by atoms with Crippen LogP contribution in [0.15, 0.2) is 0 Å². The molecule has 72 valence electrons. The summed E-state index contributed by atoms with van der Waals surface area (Å²) < 4.78 is 0. The highest BCUT2D eigenvalue weighted by Gasteiger charge is 2.21. The van der Waals surface area contributed by atoms with Crippen molar-refractivity contribution in [1.82, 2.24) is 0 Å². The topological polar surface area (TPSA) is 63.3 Å². The molecule has 1 amide bonds. The Bertz CT molecular complexity index is 141. The van der Waals surface area contributed by atoms with Gasteiger partial charge in [0.05, 0.1) is 5.60 Å². The first-order valence-electron chi connectivity index (χ1n) is 4.54. The Hall–Kier alpha value is -0.570. The molecule has 0 aliphatic carbocycles. The van der Waals surface area contributed by atoms with Gasteiger partial charge in [-0.05, 0) is 25.7 Å². The fraction of sp³-hybridized carbons (Fsp3) is 0.889. The molecule has 0 saturated carbocycles. The van der Waals surface area contributed by atoms with E-state index >= 15 is 0 Å². The van der Waals surface area contributed by atoms with E-state index in [2.05, 4.69) is 0 Å². The molecule has 0 atom stereocenters. The van der Waals surface area contributed by atoms with Crippen molar-refractivity contribution in [3.8, 4) is 0 Å². The molecular formula is C9H19NO2. The summed E-state index contributed by atoms with van der Waals surface area (Å²) in [6.45, 7) is 3.90. The molecule has 0 aliphatic heterocycles. The molecule has 0 heterocycles. The van der Waals surface area contributed by atoms with Gasteiger partial charge in [-0.2, -0.15) is 0 Å². The third-order valence-corrected chi connectivity index (χ3v) is 2.38. The summed E-state index contributed by atoms with van der Waals surface area (Å²) in [7, 11) is 0. The predicted molar refractivity (Wildman–Crippen MR) is 48.6 cm³/mol. The van der Waals surface area contributed by atoms with Crippen LogP contribution in [0.5, 0.6) is 0 Å². The number of hydrogen-bond donors (Lipinski definition) is 2. The molecule has 0 radical (unpaired) electrons. The summed E-state index contributed by atoms with van der Waals surface area (Å²) in [5.41, 5.74) is 4.40. The number of rotatable bonds is 6. The van der Waals surface area contributed by atoms with Gasteiger partial charge in [-0.25, -0.2) is 0 Å². The van der Waals surface area contributed by atoms with Gasteiger partial charge in [0, 0.05) is 6.42 Å². The average molecular weight is 173 g/mol. The van der Waals surface area contributed by atoms with E-state index in [1.165, 1.54) is 0 Å². The summed E-state index contributed by atoms with van der Waals surface area (Å²) in [5.74, 6) is -0.287. The number of carbonyl (C=O) groups excluding carboxylic acids is 1. The van der Waals surface area contributed by atoms with Gasteiger partial charge in [0.2, 0.25) is 5.91 Å². The molecule has 0 aromatic carbocycles. The van der Waals surface area contributed by atoms with E-state index in [1.807, 2.05) is 13.8 Å². The van der Waals surface area contributed by atoms with E-state index in [1.54, 1.807) is 0 Å². The minimum Gasteiger partial charge on any atom is -0.390 e. The Labute approximate surface area is 74.0 Å². The molecule has 0 aliphatic rings. The van der Waals surface area contributed by atoms with Crippen molar-refractivity contribution >= 4 is 5.91 Å². The quantitative estimate of drug-likeness (QED) is 0.633. The SMILES string of the molecule is CCC(O)(CC)CCCC(N)=O. The Balaban J connectivity index is 3.65. The first kappa shape index (κ1) is 11.4. The molecular weight excluding hydrogens is 154 g/mol. The fourth-order valence-electron chi connectivity index (χ4n) is 1.20. The number of nitrogens with two attached hydrogens (primary N) is 1. The second-order valence-electron chi connectivity index (χ2n) is 3.25. The maximum absolute atomic E-state index is 10.4. The Morgan fingerprint density at radius 3 is 2.25 bits per heavy atom. The van der Waals surface area contributed by atoms with Crippen LogP contribution in [0.4, 0.5) is 0 Å². The van der Waals surface area contributed by atoms with Gasteiger partial charge >= 0.3 is 0 Å². The minimum absolute atomic E-state index is 0.287. The van der Waals surface area contributed by atoms with E-state index in [9.17, 15) is 9.90 Å². The molecule has 0 saturated heterocycles. The van der Waals surface area contributed by atoms with E-state index in [-0.39, 0.29) is 5.91 Å². The second-order valence-corrected chi connectivity index (χ2v) is 3.25. The molecule has 0 unspecified atom stereocenters. The van der Waals surface area contributed by atoms with Gasteiger partial charge in [0.15, 0.2) is 0 Å². The van der Waals surface area contributed by atoms with Crippen LogP contribution in [-0.2, 0) is 4.79 Å². The van der Waals surface area contributed by atoms with Gasteiger partial charge < -0.3 is 10.8 Å². The average Bonchev–Trinajstić information content (AvgIpc) is 2.03. The molecule has 0 aromatic heterocycles. The first-order chi connectivity index (χ1) is 5.54. The van der Waals surface area contributed by atoms with Crippen LogP contribution in [0, 0.1) is 0 Å². The lowest BCUT2D eigenvalue weighted by Gasteiger charge is -2.24. The van der Waals surface area contributed by atoms with Crippen LogP contribution in [0.25, 0.3) is 0 Å². The number of hydrogen-bond acceptors (Lipinski definition) is 2. The van der Waals surface area contributed by atoms with Crippen LogP contribution < -0.4 is 5.73 Å². The lowest BCUT2D eigenvalue weighted by Crippen LogP contribution is -2.26. The lowest BCUT2D eigenvalue weighted by atomic mass is 9.91. The van der Waals surface area contributed by atoms with Gasteiger partial charge in [-0.1, -0.05) is 13.8 Å². The van der Waals surface area contributed by atoms with Crippen molar-refractivity contribution in [1.29, 1.82) is 0 Å². The van der Waals surface area contributed by atoms with Crippen LogP contribution >= 0.6 is 0 Å². The zero-order chi connectivity index (χ0) is 9.61. The van der Waals surface area contributed by atoms with E-state index < -0.39 is 5.60 Å². The molecule has 0 rings (SSSR count). The van der Waals surface area contributed by atoms with Gasteiger partial charge in [0.25, 0.3) is 0 Å². The van der Waals surface area contributed by atoms with Crippen molar-refractivity contribution in [3.05, 3.63) is 0 Å². The highest BCUT2D eigenvalue weighted by molar-refractivity contribution is 5.73. The van der Waals surface area contributed by atoms with Gasteiger partial charge in [-0.3, -0.25) is 4.79 Å². The van der Waals surface area contributed by atoms with Crippen LogP contribution in [-0.4, -0.2) is 16.6 Å². The third kappa shape index (κ3) is 4.34. The van der Waals surface area contributed by atoms with Crippen molar-refractivity contribution in [2.75, 3.05) is 0 Å². The smallest absolute Gasteiger partial charge is 0.217 e. The predicted octanol–water partition coefficient (Wildman–Crippen LogP) is 1.19. The Morgan fingerprint density at radius 1 is 1.42 bits per heavy atom. The summed E-state index contributed by atoms with van der Waals surface area (Å²) in [6, 6.07) is 0. The van der Waals surface area contributed by atoms with Crippen LogP contribution in [0.3, 0.4) is 0 Å². The van der Waals surface area contributed by atoms with Gasteiger partial charge in [0.1, 0.15) is 0 Å². The lowest BCUT2D eigenvalue weighted by molar-refractivity contribution is -0.118. The second kappa shape index (κ2) is 5.14. The van der Waals surface area contributed by atoms with Crippen molar-refractivity contribution in [2.24, 2.45) is 5.73 Å². The number of aliphatic hydroxyl groups is 1. The highest BCUT2D eigenvalue weighted by Crippen LogP contribution is 2.21. The molecule has 3 nitrogen and oxygen atoms in total. The third-order valence-electron chi connectivity index (χ3n) is 2.38. The van der Waals surface area contributed by atoms with Gasteiger partial charge in [-0.15, -0.1) is 0 Å². The van der Waals surface area contributed by atoms with E-state index in [0.29, 0.717) is 19.3 Å². The fourth-order valence-corrected chi connectivity index (χ4v) is 1.20. The number of carbonyl (C=O) groups is 1. The zero-order valence-corrected chi connectivity index (χ0v) is 7.97. The highest BCUT2D eigenvalue weighted by atomic mass is 16.3. The van der Waals surface area contributed by atoms with E-state index in [0.717, 1.165) is 12.8 Å². The molecule has 3 N–H and O–H groups in total. The maximum atomic E-state index is 10.4. The van der Waals surface area contributed by atoms with Crippen molar-refractivity contribution in [2.45, 2.75) is 51.6 Å². The molecule has 0 fully saturated rings. The largest absolute Gasteiger partial charge is 0.390 e. The number of amides is 1. The molecule has 0 bridgehead atoms. The normalized spacial score (nSPS) is 11.6. The van der Waals surface area contributed by atoms with Crippen molar-refractivity contribution < 1.29 is 9.90 Å². The van der Waals surface area contributed by atoms with E-state index in [4.69, 9.17) is 5.73 Å².